The molecule has 0 radical (unpaired) electrons. The Morgan fingerprint density at radius 2 is 1.74 bits per heavy atom. The van der Waals surface area contributed by atoms with Crippen LogP contribution in [-0.2, 0) is 11.2 Å². The number of hydrogen-bond donors (Lipinski definition) is 1. The first-order valence-corrected chi connectivity index (χ1v) is 13.1. The Kier molecular flexibility index (Phi) is 7.65. The lowest BCUT2D eigenvalue weighted by Crippen LogP contribution is -2.29. The van der Waals surface area contributed by atoms with Crippen molar-refractivity contribution >= 4 is 34.5 Å². The van der Waals surface area contributed by atoms with Crippen LogP contribution in [0.15, 0.2) is 66.7 Å². The van der Waals surface area contributed by atoms with E-state index in [4.69, 9.17) is 26.7 Å². The molecule has 3 aromatic carbocycles. The van der Waals surface area contributed by atoms with Crippen LogP contribution in [0.5, 0.6) is 0 Å². The van der Waals surface area contributed by atoms with Gasteiger partial charge in [-0.05, 0) is 49.4 Å². The number of halogens is 2. The molecule has 1 atom stereocenters. The topological polar surface area (TPSA) is 83.4 Å². The lowest BCUT2D eigenvalue weighted by Gasteiger charge is -2.18. The van der Waals surface area contributed by atoms with Gasteiger partial charge in [0.05, 0.1) is 28.0 Å². The Hall–Kier alpha value is -3.84. The molecule has 4 aromatic rings. The van der Waals surface area contributed by atoms with Gasteiger partial charge in [0, 0.05) is 42.1 Å². The van der Waals surface area contributed by atoms with Crippen LogP contribution in [0.2, 0.25) is 5.02 Å². The molecule has 1 amide bonds. The second kappa shape index (κ2) is 11.3. The van der Waals surface area contributed by atoms with Gasteiger partial charge in [-0.15, -0.1) is 0 Å². The third-order valence-corrected chi connectivity index (χ3v) is 7.23. The van der Waals surface area contributed by atoms with E-state index < -0.39 is 11.8 Å². The van der Waals surface area contributed by atoms with Gasteiger partial charge in [0.25, 0.3) is 5.91 Å². The summed E-state index contributed by atoms with van der Waals surface area (Å²) in [6.45, 7) is 1.10. The molecule has 194 valence electrons. The lowest BCUT2D eigenvalue weighted by atomic mass is 9.99. The molecule has 5 rings (SSSR count). The molecule has 8 heteroatoms. The molecule has 1 unspecified atom stereocenters. The molecule has 1 N–H and O–H groups in total. The summed E-state index contributed by atoms with van der Waals surface area (Å²) in [6.07, 6.45) is 2.50. The first kappa shape index (κ1) is 25.8. The molecule has 1 saturated heterocycles. The van der Waals surface area contributed by atoms with Crippen molar-refractivity contribution in [1.29, 1.82) is 0 Å². The van der Waals surface area contributed by atoms with Crippen molar-refractivity contribution in [1.82, 2.24) is 14.9 Å². The fraction of sp³-hybridized carbons (Fsp3) is 0.267. The molecule has 0 spiro atoms. The number of hydrogen-bond acceptors (Lipinski definition) is 4. The number of nitrogens with zero attached hydrogens (tertiary/aromatic N) is 3. The van der Waals surface area contributed by atoms with Crippen molar-refractivity contribution in [3.8, 4) is 11.3 Å². The summed E-state index contributed by atoms with van der Waals surface area (Å²) >= 11 is 6.05. The van der Waals surface area contributed by atoms with Crippen molar-refractivity contribution in [2.24, 2.45) is 0 Å². The summed E-state index contributed by atoms with van der Waals surface area (Å²) in [5, 5.41) is 9.56. The van der Waals surface area contributed by atoms with Gasteiger partial charge < -0.3 is 10.0 Å². The van der Waals surface area contributed by atoms with Crippen molar-refractivity contribution in [2.75, 3.05) is 13.1 Å². The fourth-order valence-electron chi connectivity index (χ4n) is 4.97. The number of carboxylic acids is 1. The van der Waals surface area contributed by atoms with E-state index in [9.17, 15) is 9.59 Å². The van der Waals surface area contributed by atoms with E-state index in [0.29, 0.717) is 59.8 Å². The zero-order chi connectivity index (χ0) is 26.6. The first-order chi connectivity index (χ1) is 18.4. The van der Waals surface area contributed by atoms with Gasteiger partial charge in [-0.3, -0.25) is 9.59 Å². The Labute approximate surface area is 225 Å². The van der Waals surface area contributed by atoms with Crippen LogP contribution in [0.25, 0.3) is 22.3 Å². The van der Waals surface area contributed by atoms with E-state index in [1.165, 1.54) is 17.7 Å². The average molecular weight is 532 g/mol. The molecule has 1 fully saturated rings. The van der Waals surface area contributed by atoms with Gasteiger partial charge in [-0.2, -0.15) is 0 Å². The minimum absolute atomic E-state index is 0.0171. The van der Waals surface area contributed by atoms with Gasteiger partial charge in [-0.1, -0.05) is 54.1 Å². The average Bonchev–Trinajstić information content (AvgIpc) is 3.41. The minimum atomic E-state index is -0.845. The predicted molar refractivity (Wildman–Crippen MR) is 145 cm³/mol. The zero-order valence-electron chi connectivity index (χ0n) is 20.7. The summed E-state index contributed by atoms with van der Waals surface area (Å²) in [7, 11) is 0. The number of carbonyl (C=O) groups is 2. The van der Waals surface area contributed by atoms with Crippen molar-refractivity contribution in [3.05, 3.63) is 94.4 Å². The number of likely N-dealkylation sites (tertiary alicyclic amines) is 1. The molecule has 1 aliphatic rings. The quantitative estimate of drug-likeness (QED) is 0.262. The second-order valence-corrected chi connectivity index (χ2v) is 10.0. The summed E-state index contributed by atoms with van der Waals surface area (Å²) < 4.78 is 15.3. The largest absolute Gasteiger partial charge is 0.481 e. The van der Waals surface area contributed by atoms with Crippen LogP contribution >= 0.6 is 11.6 Å². The molecular weight excluding hydrogens is 505 g/mol. The molecule has 0 bridgehead atoms. The van der Waals surface area contributed by atoms with E-state index in [0.717, 1.165) is 12.0 Å². The number of rotatable bonds is 8. The molecule has 1 aliphatic heterocycles. The highest BCUT2D eigenvalue weighted by Crippen LogP contribution is 2.30. The van der Waals surface area contributed by atoms with Crippen LogP contribution in [0.1, 0.15) is 53.2 Å². The van der Waals surface area contributed by atoms with E-state index in [1.54, 1.807) is 17.0 Å². The van der Waals surface area contributed by atoms with Crippen molar-refractivity contribution < 1.29 is 19.1 Å². The smallest absolute Gasteiger partial charge is 0.303 e. The minimum Gasteiger partial charge on any atom is -0.481 e. The van der Waals surface area contributed by atoms with Crippen LogP contribution in [0.3, 0.4) is 0 Å². The van der Waals surface area contributed by atoms with E-state index in [2.05, 4.69) is 12.1 Å². The van der Waals surface area contributed by atoms with Crippen LogP contribution < -0.4 is 0 Å². The Morgan fingerprint density at radius 1 is 1.00 bits per heavy atom. The summed E-state index contributed by atoms with van der Waals surface area (Å²) in [6, 6.07) is 20.0. The summed E-state index contributed by atoms with van der Waals surface area (Å²) in [5.41, 5.74) is 3.98. The van der Waals surface area contributed by atoms with E-state index in [1.807, 2.05) is 30.3 Å². The van der Waals surface area contributed by atoms with Gasteiger partial charge in [-0.25, -0.2) is 14.4 Å². The van der Waals surface area contributed by atoms with Crippen LogP contribution in [-0.4, -0.2) is 44.9 Å². The molecule has 2 heterocycles. The monoisotopic (exact) mass is 531 g/mol. The van der Waals surface area contributed by atoms with Gasteiger partial charge in [0.15, 0.2) is 0 Å². The number of amides is 1. The van der Waals surface area contributed by atoms with Crippen molar-refractivity contribution in [3.63, 3.8) is 0 Å². The molecular formula is C30H27ClFN3O3. The zero-order valence-corrected chi connectivity index (χ0v) is 21.5. The highest BCUT2D eigenvalue weighted by Gasteiger charge is 2.29. The van der Waals surface area contributed by atoms with E-state index >= 15 is 4.39 Å². The first-order valence-electron chi connectivity index (χ1n) is 12.7. The number of aliphatic carboxylic acids is 1. The fourth-order valence-corrected chi connectivity index (χ4v) is 5.10. The van der Waals surface area contributed by atoms with Gasteiger partial charge in [0.2, 0.25) is 0 Å². The standard InChI is InChI=1S/C30H27ClFN3O3/c31-22-12-10-20(11-13-22)29-25(8-4-5-9-28(36)37)33-26-16-23(24(32)17-27(26)34-29)30(38)35-15-14-21(18-35)19-6-2-1-3-7-19/h1-3,6-7,10-13,16-17,21H,4-5,8-9,14-15,18H2,(H,36,37). The Bertz CT molecular complexity index is 1480. The molecule has 0 saturated carbocycles. The van der Waals surface area contributed by atoms with Gasteiger partial charge in [0.1, 0.15) is 5.82 Å². The molecule has 1 aromatic heterocycles. The van der Waals surface area contributed by atoms with Crippen LogP contribution in [0, 0.1) is 5.82 Å². The van der Waals surface area contributed by atoms with Crippen LogP contribution in [0.4, 0.5) is 4.39 Å². The second-order valence-electron chi connectivity index (χ2n) is 9.59. The lowest BCUT2D eigenvalue weighted by molar-refractivity contribution is -0.137. The SMILES string of the molecule is O=C(O)CCCCc1nc2cc(C(=O)N3CCC(c4ccccc4)C3)c(F)cc2nc1-c1ccc(Cl)cc1. The maximum Gasteiger partial charge on any atom is 0.303 e. The number of aryl methyl sites for hydroxylation is 1. The number of carboxylic acid groups (broad SMARTS) is 1. The Balaban J connectivity index is 1.45. The summed E-state index contributed by atoms with van der Waals surface area (Å²) in [4.78, 5) is 35.5. The third-order valence-electron chi connectivity index (χ3n) is 6.97. The third kappa shape index (κ3) is 5.68. The number of unbranched alkanes of at least 4 members (excludes halogenated alkanes) is 1. The molecule has 6 nitrogen and oxygen atoms in total. The number of fused-ring (bicyclic) bond motifs is 1. The highest BCUT2D eigenvalue weighted by atomic mass is 35.5. The maximum atomic E-state index is 15.3. The highest BCUT2D eigenvalue weighted by molar-refractivity contribution is 6.30. The number of aromatic nitrogens is 2. The normalized spacial score (nSPS) is 15.2. The van der Waals surface area contributed by atoms with Gasteiger partial charge >= 0.3 is 5.97 Å². The molecule has 0 aliphatic carbocycles. The predicted octanol–water partition coefficient (Wildman–Crippen LogP) is 6.52. The number of carbonyl (C=O) groups excluding carboxylic acids is 1. The maximum absolute atomic E-state index is 15.3. The van der Waals surface area contributed by atoms with Crippen molar-refractivity contribution in [2.45, 2.75) is 38.0 Å². The summed E-state index contributed by atoms with van der Waals surface area (Å²) in [5.74, 6) is -1.60. The van der Waals surface area contributed by atoms with E-state index in [-0.39, 0.29) is 23.8 Å². The number of benzene rings is 3. The Morgan fingerprint density at radius 3 is 2.47 bits per heavy atom. The molecule has 38 heavy (non-hydrogen) atoms.